The summed E-state index contributed by atoms with van der Waals surface area (Å²) in [6.07, 6.45) is 4.98. The summed E-state index contributed by atoms with van der Waals surface area (Å²) in [5.74, 6) is 1.25. The van der Waals surface area contributed by atoms with Gasteiger partial charge in [0.05, 0.1) is 29.9 Å². The molecule has 0 bridgehead atoms. The Morgan fingerprint density at radius 1 is 1.14 bits per heavy atom. The Hall–Kier alpha value is -2.83. The van der Waals surface area contributed by atoms with Crippen LogP contribution < -0.4 is 18.9 Å². The number of nitrogens with one attached hydrogen (secondary N) is 1. The third kappa shape index (κ3) is 7.03. The van der Waals surface area contributed by atoms with Gasteiger partial charge in [-0.3, -0.25) is 9.71 Å². The molecule has 1 unspecified atom stereocenters. The maximum absolute atomic E-state index is 15.1. The Morgan fingerprint density at radius 2 is 1.98 bits per heavy atom. The second kappa shape index (κ2) is 13.2. The molecule has 4 aromatic rings. The molecular formula is C29H30Cl2FN3O5S2. The van der Waals surface area contributed by atoms with Crippen molar-refractivity contribution in [2.75, 3.05) is 38.1 Å². The molecule has 1 aliphatic heterocycles. The summed E-state index contributed by atoms with van der Waals surface area (Å²) in [4.78, 5) is 6.66. The predicted molar refractivity (Wildman–Crippen MR) is 165 cm³/mol. The van der Waals surface area contributed by atoms with E-state index in [2.05, 4.69) is 21.5 Å². The summed E-state index contributed by atoms with van der Waals surface area (Å²) in [5, 5.41) is 1.99. The van der Waals surface area contributed by atoms with Gasteiger partial charge in [-0.15, -0.1) is 11.3 Å². The van der Waals surface area contributed by atoms with Gasteiger partial charge in [0.25, 0.3) is 10.0 Å². The zero-order chi connectivity index (χ0) is 29.9. The number of halogens is 3. The Kier molecular flexibility index (Phi) is 9.64. The van der Waals surface area contributed by atoms with Gasteiger partial charge in [0.1, 0.15) is 15.0 Å². The van der Waals surface area contributed by atoms with Crippen molar-refractivity contribution < 1.29 is 27.0 Å². The molecule has 0 amide bonds. The van der Waals surface area contributed by atoms with Gasteiger partial charge in [-0.25, -0.2) is 12.8 Å². The van der Waals surface area contributed by atoms with Crippen LogP contribution in [0.1, 0.15) is 26.2 Å². The molecule has 224 valence electrons. The minimum absolute atomic E-state index is 0.00796. The number of pyridine rings is 1. The molecule has 1 aliphatic rings. The molecule has 1 saturated heterocycles. The maximum atomic E-state index is 15.1. The van der Waals surface area contributed by atoms with Crippen molar-refractivity contribution in [3.63, 3.8) is 0 Å². The number of likely N-dealkylation sites (tertiary alicyclic amines) is 1. The number of rotatable bonds is 11. The van der Waals surface area contributed by atoms with Crippen LogP contribution in [-0.4, -0.2) is 51.7 Å². The Morgan fingerprint density at radius 3 is 2.69 bits per heavy atom. The number of nitrogens with zero attached hydrogens (tertiary/aromatic N) is 2. The van der Waals surface area contributed by atoms with E-state index < -0.39 is 15.8 Å². The van der Waals surface area contributed by atoms with Crippen molar-refractivity contribution in [3.05, 3.63) is 63.2 Å². The number of piperidine rings is 1. The number of hydrogen-bond donors (Lipinski definition) is 1. The van der Waals surface area contributed by atoms with Gasteiger partial charge in [-0.1, -0.05) is 30.1 Å². The van der Waals surface area contributed by atoms with E-state index in [0.29, 0.717) is 34.8 Å². The lowest BCUT2D eigenvalue weighted by molar-refractivity contribution is 0.169. The van der Waals surface area contributed by atoms with E-state index in [0.717, 1.165) is 49.4 Å². The van der Waals surface area contributed by atoms with Crippen molar-refractivity contribution in [1.29, 1.82) is 0 Å². The molecule has 0 radical (unpaired) electrons. The topological polar surface area (TPSA) is 90.0 Å². The summed E-state index contributed by atoms with van der Waals surface area (Å²) in [6, 6.07) is 8.85. The molecule has 0 saturated carbocycles. The molecule has 42 heavy (non-hydrogen) atoms. The fourth-order valence-corrected chi connectivity index (χ4v) is 8.29. The summed E-state index contributed by atoms with van der Waals surface area (Å²) >= 11 is 12.9. The van der Waals surface area contributed by atoms with Crippen molar-refractivity contribution in [1.82, 2.24) is 9.88 Å². The van der Waals surface area contributed by atoms with E-state index in [1.165, 1.54) is 30.4 Å². The standard InChI is InChI=1S/C29H30Cl2FN3O5S2/c1-18-5-3-10-35(16-18)11-4-12-39-27-15-23-20(14-26(27)38-2)24(8-9-33-23)40-25-7-6-19(13-22(25)32)34-42(36,37)28-21(30)17-41-29(28)31/h6-9,13-15,17-18,34H,3-5,10-12,16H2,1-2H3. The molecule has 1 atom stereocenters. The Bertz CT molecular complexity index is 1670. The number of aromatic nitrogens is 1. The molecule has 3 heterocycles. The number of thiophene rings is 1. The number of benzene rings is 2. The van der Waals surface area contributed by atoms with Gasteiger partial charge in [0.15, 0.2) is 23.1 Å². The normalized spacial score (nSPS) is 16.0. The minimum atomic E-state index is -4.12. The number of fused-ring (bicyclic) bond motifs is 1. The summed E-state index contributed by atoms with van der Waals surface area (Å²) in [7, 11) is -2.57. The molecule has 1 N–H and O–H groups in total. The molecule has 2 aromatic carbocycles. The number of anilines is 1. The van der Waals surface area contributed by atoms with E-state index in [9.17, 15) is 8.42 Å². The van der Waals surface area contributed by atoms with Gasteiger partial charge in [0.2, 0.25) is 0 Å². The molecule has 8 nitrogen and oxygen atoms in total. The van der Waals surface area contributed by atoms with Gasteiger partial charge in [-0.05, 0) is 56.0 Å². The number of methoxy groups -OCH3 is 1. The molecular weight excluding hydrogens is 624 g/mol. The molecule has 0 aliphatic carbocycles. The average molecular weight is 655 g/mol. The summed E-state index contributed by atoms with van der Waals surface area (Å²) in [5.41, 5.74) is 0.568. The van der Waals surface area contributed by atoms with Crippen LogP contribution in [0.3, 0.4) is 0 Å². The molecule has 2 aromatic heterocycles. The highest BCUT2D eigenvalue weighted by molar-refractivity contribution is 7.93. The molecule has 5 rings (SSSR count). The first-order chi connectivity index (χ1) is 20.1. The van der Waals surface area contributed by atoms with Crippen LogP contribution in [0, 0.1) is 11.7 Å². The van der Waals surface area contributed by atoms with Crippen LogP contribution >= 0.6 is 34.5 Å². The highest BCUT2D eigenvalue weighted by atomic mass is 35.5. The third-order valence-corrected chi connectivity index (χ3v) is 10.4. The van der Waals surface area contributed by atoms with Gasteiger partial charge < -0.3 is 19.1 Å². The zero-order valence-corrected chi connectivity index (χ0v) is 26.2. The fourth-order valence-electron chi connectivity index (χ4n) is 4.96. The van der Waals surface area contributed by atoms with Gasteiger partial charge in [-0.2, -0.15) is 0 Å². The second-order valence-electron chi connectivity index (χ2n) is 10.1. The van der Waals surface area contributed by atoms with E-state index in [-0.39, 0.29) is 25.7 Å². The number of sulfonamides is 1. The molecule has 1 fully saturated rings. The van der Waals surface area contributed by atoms with E-state index in [1.54, 1.807) is 31.5 Å². The van der Waals surface area contributed by atoms with Crippen LogP contribution in [0.4, 0.5) is 10.1 Å². The highest BCUT2D eigenvalue weighted by Crippen LogP contribution is 2.39. The summed E-state index contributed by atoms with van der Waals surface area (Å²) in [6.45, 7) is 6.08. The first kappa shape index (κ1) is 30.6. The van der Waals surface area contributed by atoms with Crippen LogP contribution in [0.5, 0.6) is 23.0 Å². The summed E-state index contributed by atoms with van der Waals surface area (Å²) < 4.78 is 60.4. The number of ether oxygens (including phenoxy) is 3. The van der Waals surface area contributed by atoms with E-state index >= 15 is 4.39 Å². The van der Waals surface area contributed by atoms with Crippen LogP contribution in [0.15, 0.2) is 52.9 Å². The average Bonchev–Trinajstić information content (AvgIpc) is 3.30. The lowest BCUT2D eigenvalue weighted by atomic mass is 10.0. The third-order valence-electron chi connectivity index (χ3n) is 6.94. The Balaban J connectivity index is 1.29. The lowest BCUT2D eigenvalue weighted by Gasteiger charge is -2.30. The minimum Gasteiger partial charge on any atom is -0.493 e. The smallest absolute Gasteiger partial charge is 0.265 e. The second-order valence-corrected chi connectivity index (χ2v) is 13.6. The van der Waals surface area contributed by atoms with E-state index in [1.807, 2.05) is 0 Å². The lowest BCUT2D eigenvalue weighted by Crippen LogP contribution is -2.35. The first-order valence-corrected chi connectivity index (χ1v) is 16.5. The Labute approximate surface area is 258 Å². The largest absolute Gasteiger partial charge is 0.493 e. The SMILES string of the molecule is COc1cc2c(Oc3ccc(NS(=O)(=O)c4c(Cl)csc4Cl)cc3F)ccnc2cc1OCCCN1CCCC(C)C1. The van der Waals surface area contributed by atoms with Crippen molar-refractivity contribution in [2.45, 2.75) is 31.1 Å². The highest BCUT2D eigenvalue weighted by Gasteiger charge is 2.24. The van der Waals surface area contributed by atoms with Gasteiger partial charge >= 0.3 is 0 Å². The van der Waals surface area contributed by atoms with Crippen LogP contribution in [-0.2, 0) is 10.0 Å². The maximum Gasteiger partial charge on any atom is 0.265 e. The fraction of sp³-hybridized carbons (Fsp3) is 0.345. The van der Waals surface area contributed by atoms with Crippen LogP contribution in [0.25, 0.3) is 10.9 Å². The zero-order valence-electron chi connectivity index (χ0n) is 23.0. The van der Waals surface area contributed by atoms with Crippen LogP contribution in [0.2, 0.25) is 9.36 Å². The quantitative estimate of drug-likeness (QED) is 0.165. The van der Waals surface area contributed by atoms with Gasteiger partial charge in [0, 0.05) is 42.2 Å². The van der Waals surface area contributed by atoms with Crippen molar-refractivity contribution >= 4 is 61.2 Å². The van der Waals surface area contributed by atoms with Crippen molar-refractivity contribution in [3.8, 4) is 23.0 Å². The van der Waals surface area contributed by atoms with Crippen molar-refractivity contribution in [2.24, 2.45) is 5.92 Å². The predicted octanol–water partition coefficient (Wildman–Crippen LogP) is 7.84. The number of hydrogen-bond acceptors (Lipinski definition) is 8. The first-order valence-electron chi connectivity index (χ1n) is 13.4. The molecule has 0 spiro atoms. The molecule has 13 heteroatoms. The van der Waals surface area contributed by atoms with E-state index in [4.69, 9.17) is 37.4 Å². The monoisotopic (exact) mass is 653 g/mol.